The molecule has 0 radical (unpaired) electrons. The van der Waals surface area contributed by atoms with Gasteiger partial charge in [0.1, 0.15) is 6.07 Å². The Morgan fingerprint density at radius 2 is 2.45 bits per heavy atom. The molecule has 1 aromatic heterocycles. The monoisotopic (exact) mass is 166 g/mol. The lowest BCUT2D eigenvalue weighted by Crippen LogP contribution is -1.88. The van der Waals surface area contributed by atoms with Crippen LogP contribution in [0.5, 0.6) is 0 Å². The van der Waals surface area contributed by atoms with Crippen molar-refractivity contribution >= 4 is 11.6 Å². The molecule has 0 N–H and O–H groups in total. The first kappa shape index (κ1) is 8.03. The van der Waals surface area contributed by atoms with Crippen molar-refractivity contribution in [3.8, 4) is 6.07 Å². The molecule has 1 aromatic rings. The van der Waals surface area contributed by atoms with Gasteiger partial charge in [0.05, 0.1) is 10.6 Å². The number of pyridine rings is 1. The first-order chi connectivity index (χ1) is 5.27. The molecule has 0 amide bonds. The van der Waals surface area contributed by atoms with Gasteiger partial charge in [0.2, 0.25) is 0 Å². The summed E-state index contributed by atoms with van der Waals surface area (Å²) in [6.07, 6.45) is 2.34. The van der Waals surface area contributed by atoms with Crippen LogP contribution in [0.2, 0.25) is 5.02 Å². The van der Waals surface area contributed by atoms with Crippen LogP contribution in [0, 0.1) is 11.3 Å². The fourth-order valence-corrected chi connectivity index (χ4v) is 0.963. The molecule has 0 atom stereocenters. The second-order valence-electron chi connectivity index (χ2n) is 2.12. The lowest BCUT2D eigenvalue weighted by atomic mass is 10.2. The van der Waals surface area contributed by atoms with Crippen LogP contribution in [0.25, 0.3) is 0 Å². The molecule has 0 aromatic carbocycles. The molecule has 3 heteroatoms. The van der Waals surface area contributed by atoms with Crippen molar-refractivity contribution in [2.45, 2.75) is 13.3 Å². The van der Waals surface area contributed by atoms with E-state index in [2.05, 4.69) is 4.98 Å². The number of aryl methyl sites for hydroxylation is 1. The van der Waals surface area contributed by atoms with Gasteiger partial charge >= 0.3 is 0 Å². The number of hydrogen-bond donors (Lipinski definition) is 0. The lowest BCUT2D eigenvalue weighted by Gasteiger charge is -1.96. The molecule has 0 bridgehead atoms. The minimum absolute atomic E-state index is 0.434. The Kier molecular flexibility index (Phi) is 2.45. The Morgan fingerprint density at radius 1 is 1.73 bits per heavy atom. The minimum Gasteiger partial charge on any atom is -0.260 e. The predicted octanol–water partition coefficient (Wildman–Crippen LogP) is 2.17. The summed E-state index contributed by atoms with van der Waals surface area (Å²) in [7, 11) is 0. The lowest BCUT2D eigenvalue weighted by molar-refractivity contribution is 1.03. The van der Waals surface area contributed by atoms with E-state index in [1.807, 2.05) is 13.0 Å². The van der Waals surface area contributed by atoms with Crippen LogP contribution < -0.4 is 0 Å². The molecule has 0 aliphatic rings. The van der Waals surface area contributed by atoms with Gasteiger partial charge in [-0.1, -0.05) is 18.5 Å². The summed E-state index contributed by atoms with van der Waals surface area (Å²) in [5.41, 5.74) is 1.35. The molecule has 0 fully saturated rings. The summed E-state index contributed by atoms with van der Waals surface area (Å²) in [5.74, 6) is 0. The van der Waals surface area contributed by atoms with E-state index < -0.39 is 0 Å². The van der Waals surface area contributed by atoms with Gasteiger partial charge in [-0.15, -0.1) is 0 Å². The van der Waals surface area contributed by atoms with Gasteiger partial charge in [-0.05, 0) is 12.5 Å². The van der Waals surface area contributed by atoms with Crippen LogP contribution in [-0.2, 0) is 6.42 Å². The van der Waals surface area contributed by atoms with Gasteiger partial charge in [0.25, 0.3) is 0 Å². The average molecular weight is 167 g/mol. The van der Waals surface area contributed by atoms with Crippen LogP contribution >= 0.6 is 11.6 Å². The molecule has 2 nitrogen and oxygen atoms in total. The van der Waals surface area contributed by atoms with E-state index in [-0.39, 0.29) is 0 Å². The molecule has 56 valence electrons. The SMILES string of the molecule is CCc1cc(Cl)c(C#N)cn1. The summed E-state index contributed by atoms with van der Waals surface area (Å²) >= 11 is 5.75. The molecule has 0 saturated heterocycles. The van der Waals surface area contributed by atoms with E-state index >= 15 is 0 Å². The van der Waals surface area contributed by atoms with Crippen molar-refractivity contribution in [2.24, 2.45) is 0 Å². The van der Waals surface area contributed by atoms with Crippen molar-refractivity contribution in [1.82, 2.24) is 4.98 Å². The third-order valence-electron chi connectivity index (χ3n) is 1.39. The van der Waals surface area contributed by atoms with Gasteiger partial charge in [-0.3, -0.25) is 4.98 Å². The second kappa shape index (κ2) is 3.36. The number of aromatic nitrogens is 1. The van der Waals surface area contributed by atoms with Crippen molar-refractivity contribution in [1.29, 1.82) is 5.26 Å². The Hall–Kier alpha value is -1.07. The number of rotatable bonds is 1. The third-order valence-corrected chi connectivity index (χ3v) is 1.71. The fraction of sp³-hybridized carbons (Fsp3) is 0.250. The molecule has 1 rings (SSSR count). The number of nitriles is 1. The van der Waals surface area contributed by atoms with Gasteiger partial charge in [-0.25, -0.2) is 0 Å². The molecular weight excluding hydrogens is 160 g/mol. The molecule has 11 heavy (non-hydrogen) atoms. The molecule has 0 saturated carbocycles. The molecule has 1 heterocycles. The van der Waals surface area contributed by atoms with Crippen LogP contribution in [0.1, 0.15) is 18.2 Å². The zero-order chi connectivity index (χ0) is 8.27. The maximum atomic E-state index is 8.51. The summed E-state index contributed by atoms with van der Waals surface area (Å²) in [4.78, 5) is 4.02. The average Bonchev–Trinajstić information content (AvgIpc) is 2.04. The molecule has 0 unspecified atom stereocenters. The summed E-state index contributed by atoms with van der Waals surface area (Å²) < 4.78 is 0. The van der Waals surface area contributed by atoms with Crippen LogP contribution in [0.3, 0.4) is 0 Å². The smallest absolute Gasteiger partial charge is 0.102 e. The zero-order valence-corrected chi connectivity index (χ0v) is 6.89. The van der Waals surface area contributed by atoms with Gasteiger partial charge < -0.3 is 0 Å². The van der Waals surface area contributed by atoms with E-state index in [1.165, 1.54) is 6.20 Å². The number of halogens is 1. The van der Waals surface area contributed by atoms with Gasteiger partial charge in [0.15, 0.2) is 0 Å². The third kappa shape index (κ3) is 1.69. The highest BCUT2D eigenvalue weighted by Gasteiger charge is 1.99. The van der Waals surface area contributed by atoms with Crippen LogP contribution in [-0.4, -0.2) is 4.98 Å². The summed E-state index contributed by atoms with van der Waals surface area (Å²) in [6, 6.07) is 3.67. The van der Waals surface area contributed by atoms with E-state index in [0.29, 0.717) is 10.6 Å². The minimum atomic E-state index is 0.434. The molecule has 0 aliphatic heterocycles. The predicted molar refractivity (Wildman–Crippen MR) is 43.3 cm³/mol. The van der Waals surface area contributed by atoms with Crippen molar-refractivity contribution in [3.05, 3.63) is 28.5 Å². The molecular formula is C8H7ClN2. The highest BCUT2D eigenvalue weighted by Crippen LogP contribution is 2.14. The highest BCUT2D eigenvalue weighted by atomic mass is 35.5. The summed E-state index contributed by atoms with van der Waals surface area (Å²) in [5, 5.41) is 8.99. The molecule has 0 aliphatic carbocycles. The van der Waals surface area contributed by atoms with E-state index in [4.69, 9.17) is 16.9 Å². The van der Waals surface area contributed by atoms with Crippen LogP contribution in [0.15, 0.2) is 12.3 Å². The number of hydrogen-bond acceptors (Lipinski definition) is 2. The maximum absolute atomic E-state index is 8.51. The van der Waals surface area contributed by atoms with Crippen molar-refractivity contribution < 1.29 is 0 Å². The topological polar surface area (TPSA) is 36.7 Å². The second-order valence-corrected chi connectivity index (χ2v) is 2.53. The zero-order valence-electron chi connectivity index (χ0n) is 6.13. The highest BCUT2D eigenvalue weighted by molar-refractivity contribution is 6.31. The Labute approximate surface area is 70.4 Å². The largest absolute Gasteiger partial charge is 0.260 e. The van der Waals surface area contributed by atoms with E-state index in [0.717, 1.165) is 12.1 Å². The van der Waals surface area contributed by atoms with Crippen LogP contribution in [0.4, 0.5) is 0 Å². The first-order valence-corrected chi connectivity index (χ1v) is 3.70. The normalized spacial score (nSPS) is 9.18. The Bertz CT molecular complexity index is 301. The first-order valence-electron chi connectivity index (χ1n) is 3.32. The Morgan fingerprint density at radius 3 is 2.91 bits per heavy atom. The van der Waals surface area contributed by atoms with E-state index in [1.54, 1.807) is 6.07 Å². The fourth-order valence-electron chi connectivity index (χ4n) is 0.746. The van der Waals surface area contributed by atoms with Gasteiger partial charge in [-0.2, -0.15) is 5.26 Å². The standard InChI is InChI=1S/C8H7ClN2/c1-2-7-3-8(9)6(4-10)5-11-7/h3,5H,2H2,1H3. The van der Waals surface area contributed by atoms with Crippen molar-refractivity contribution in [3.63, 3.8) is 0 Å². The molecule has 0 spiro atoms. The van der Waals surface area contributed by atoms with Gasteiger partial charge in [0, 0.05) is 11.9 Å². The number of nitrogens with zero attached hydrogens (tertiary/aromatic N) is 2. The van der Waals surface area contributed by atoms with Crippen molar-refractivity contribution in [2.75, 3.05) is 0 Å². The summed E-state index contributed by atoms with van der Waals surface area (Å²) in [6.45, 7) is 1.99. The van der Waals surface area contributed by atoms with E-state index in [9.17, 15) is 0 Å². The maximum Gasteiger partial charge on any atom is 0.102 e. The quantitative estimate of drug-likeness (QED) is 0.641. The Balaban J connectivity index is 3.12.